The molecule has 0 aliphatic heterocycles. The molecule has 3 rings (SSSR count). The second-order valence-electron chi connectivity index (χ2n) is 5.77. The van der Waals surface area contributed by atoms with E-state index in [4.69, 9.17) is 11.6 Å². The molecule has 1 aliphatic rings. The fourth-order valence-electron chi connectivity index (χ4n) is 3.25. The molecule has 1 saturated carbocycles. The number of rotatable bonds is 4. The first-order valence-corrected chi connectivity index (χ1v) is 8.82. The van der Waals surface area contributed by atoms with E-state index in [0.717, 1.165) is 22.1 Å². The molecule has 2 nitrogen and oxygen atoms in total. The first-order chi connectivity index (χ1) is 9.78. The predicted molar refractivity (Wildman–Crippen MR) is 88.9 cm³/mol. The third kappa shape index (κ3) is 2.94. The van der Waals surface area contributed by atoms with E-state index in [9.17, 15) is 0 Å². The van der Waals surface area contributed by atoms with E-state index in [1.807, 2.05) is 11.6 Å². The molecule has 1 N–H and O–H groups in total. The van der Waals surface area contributed by atoms with Crippen LogP contribution in [0.5, 0.6) is 0 Å². The van der Waals surface area contributed by atoms with Gasteiger partial charge >= 0.3 is 0 Å². The van der Waals surface area contributed by atoms with Gasteiger partial charge in [-0.1, -0.05) is 31.4 Å². The van der Waals surface area contributed by atoms with Crippen LogP contribution in [0.15, 0.2) is 17.6 Å². The third-order valence-electron chi connectivity index (χ3n) is 4.34. The molecule has 0 atom stereocenters. The van der Waals surface area contributed by atoms with Crippen molar-refractivity contribution in [1.29, 1.82) is 0 Å². The van der Waals surface area contributed by atoms with Crippen molar-refractivity contribution in [1.82, 2.24) is 4.98 Å². The summed E-state index contributed by atoms with van der Waals surface area (Å²) in [4.78, 5) is 4.46. The summed E-state index contributed by atoms with van der Waals surface area (Å²) < 4.78 is 1.21. The highest BCUT2D eigenvalue weighted by Gasteiger charge is 2.22. The number of hydrogen-bond donors (Lipinski definition) is 1. The Kier molecular flexibility index (Phi) is 4.47. The van der Waals surface area contributed by atoms with E-state index >= 15 is 0 Å². The molecule has 1 aromatic carbocycles. The third-order valence-corrected chi connectivity index (χ3v) is 5.45. The van der Waals surface area contributed by atoms with Crippen LogP contribution in [0.3, 0.4) is 0 Å². The van der Waals surface area contributed by atoms with Gasteiger partial charge in [0.1, 0.15) is 5.52 Å². The van der Waals surface area contributed by atoms with Gasteiger partial charge in [0.15, 0.2) is 0 Å². The molecule has 0 bridgehead atoms. The lowest BCUT2D eigenvalue weighted by molar-refractivity contribution is 0.319. The van der Waals surface area contributed by atoms with Crippen molar-refractivity contribution in [3.63, 3.8) is 0 Å². The highest BCUT2D eigenvalue weighted by Crippen LogP contribution is 2.35. The molecule has 0 saturated heterocycles. The molecule has 0 unspecified atom stereocenters. The van der Waals surface area contributed by atoms with Crippen molar-refractivity contribution >= 4 is 38.8 Å². The van der Waals surface area contributed by atoms with Crippen molar-refractivity contribution in [3.8, 4) is 0 Å². The zero-order valence-electron chi connectivity index (χ0n) is 11.9. The normalized spacial score (nSPS) is 23.1. The molecule has 1 heterocycles. The van der Waals surface area contributed by atoms with Crippen LogP contribution in [0.4, 0.5) is 5.69 Å². The second kappa shape index (κ2) is 6.31. The van der Waals surface area contributed by atoms with Crippen molar-refractivity contribution in [2.24, 2.45) is 5.92 Å². The largest absolute Gasteiger partial charge is 0.379 e. The van der Waals surface area contributed by atoms with E-state index in [0.29, 0.717) is 6.04 Å². The Morgan fingerprint density at radius 2 is 2.10 bits per heavy atom. The van der Waals surface area contributed by atoms with Crippen molar-refractivity contribution in [3.05, 3.63) is 22.7 Å². The van der Waals surface area contributed by atoms with Crippen LogP contribution in [0.25, 0.3) is 10.2 Å². The van der Waals surface area contributed by atoms with E-state index in [1.54, 1.807) is 11.3 Å². The predicted octanol–water partition coefficient (Wildman–Crippen LogP) is 5.72. The number of halogens is 1. The van der Waals surface area contributed by atoms with Gasteiger partial charge in [0.05, 0.1) is 20.9 Å². The highest BCUT2D eigenvalue weighted by molar-refractivity contribution is 7.16. The number of hydrogen-bond acceptors (Lipinski definition) is 3. The first-order valence-electron chi connectivity index (χ1n) is 7.56. The Morgan fingerprint density at radius 1 is 1.30 bits per heavy atom. The molecular weight excluding hydrogens is 288 g/mol. The zero-order valence-corrected chi connectivity index (χ0v) is 13.4. The fourth-order valence-corrected chi connectivity index (χ4v) is 4.14. The summed E-state index contributed by atoms with van der Waals surface area (Å²) in [6, 6.07) is 4.58. The molecule has 1 aromatic heterocycles. The lowest BCUT2D eigenvalue weighted by Crippen LogP contribution is -2.26. The summed E-state index contributed by atoms with van der Waals surface area (Å²) in [6.07, 6.45) is 7.89. The molecule has 1 aliphatic carbocycles. The lowest BCUT2D eigenvalue weighted by Gasteiger charge is -2.30. The van der Waals surface area contributed by atoms with Crippen LogP contribution in [-0.2, 0) is 0 Å². The van der Waals surface area contributed by atoms with Gasteiger partial charge in [-0.15, -0.1) is 11.3 Å². The average Bonchev–Trinajstić information content (AvgIpc) is 2.93. The van der Waals surface area contributed by atoms with Crippen LogP contribution in [0.2, 0.25) is 5.02 Å². The molecule has 4 heteroatoms. The van der Waals surface area contributed by atoms with Gasteiger partial charge < -0.3 is 5.32 Å². The Labute approximate surface area is 129 Å². The maximum atomic E-state index is 6.36. The zero-order chi connectivity index (χ0) is 13.9. The second-order valence-corrected chi connectivity index (χ2v) is 7.07. The summed E-state index contributed by atoms with van der Waals surface area (Å²) in [5.74, 6) is 0.934. The average molecular weight is 309 g/mol. The number of aromatic nitrogens is 1. The van der Waals surface area contributed by atoms with Crippen molar-refractivity contribution in [2.45, 2.75) is 51.5 Å². The number of nitrogens with zero attached hydrogens (tertiary/aromatic N) is 1. The molecule has 2 aromatic rings. The minimum Gasteiger partial charge on any atom is -0.379 e. The summed E-state index contributed by atoms with van der Waals surface area (Å²) in [5.41, 5.74) is 3.95. The highest BCUT2D eigenvalue weighted by atomic mass is 35.5. The van der Waals surface area contributed by atoms with E-state index < -0.39 is 0 Å². The lowest BCUT2D eigenvalue weighted by atomic mass is 9.83. The van der Waals surface area contributed by atoms with Crippen LogP contribution in [0, 0.1) is 5.92 Å². The Bertz CT molecular complexity index is 573. The summed E-state index contributed by atoms with van der Waals surface area (Å²) in [5, 5.41) is 4.44. The Hall–Kier alpha value is -0.800. The minimum absolute atomic E-state index is 0.549. The maximum absolute atomic E-state index is 6.36. The van der Waals surface area contributed by atoms with Crippen LogP contribution in [-0.4, -0.2) is 11.0 Å². The number of benzene rings is 1. The van der Waals surface area contributed by atoms with Gasteiger partial charge in [0, 0.05) is 6.04 Å². The molecule has 0 spiro atoms. The standard InChI is InChI=1S/C16H21ClN2S/c1-2-3-11-4-6-12(7-5-11)19-15-13(17)8-9-14-16(15)18-10-20-14/h8-12,19H,2-7H2,1H3. The molecular formula is C16H21ClN2S. The minimum atomic E-state index is 0.549. The molecule has 20 heavy (non-hydrogen) atoms. The van der Waals surface area contributed by atoms with Crippen LogP contribution in [0.1, 0.15) is 45.4 Å². The van der Waals surface area contributed by atoms with E-state index in [1.165, 1.54) is 43.2 Å². The topological polar surface area (TPSA) is 24.9 Å². The molecule has 108 valence electrons. The van der Waals surface area contributed by atoms with Gasteiger partial charge in [0.25, 0.3) is 0 Å². The summed E-state index contributed by atoms with van der Waals surface area (Å²) in [6.45, 7) is 2.28. The number of anilines is 1. The fraction of sp³-hybridized carbons (Fsp3) is 0.562. The number of thiazole rings is 1. The summed E-state index contributed by atoms with van der Waals surface area (Å²) >= 11 is 8.03. The van der Waals surface area contributed by atoms with E-state index in [-0.39, 0.29) is 0 Å². The van der Waals surface area contributed by atoms with Gasteiger partial charge in [-0.3, -0.25) is 0 Å². The van der Waals surface area contributed by atoms with Gasteiger partial charge in [-0.25, -0.2) is 4.98 Å². The van der Waals surface area contributed by atoms with Gasteiger partial charge in [-0.05, 0) is 43.7 Å². The van der Waals surface area contributed by atoms with E-state index in [2.05, 4.69) is 23.3 Å². The Balaban J connectivity index is 1.71. The monoisotopic (exact) mass is 308 g/mol. The maximum Gasteiger partial charge on any atom is 0.106 e. The number of nitrogens with one attached hydrogen (secondary N) is 1. The van der Waals surface area contributed by atoms with Crippen molar-refractivity contribution < 1.29 is 0 Å². The van der Waals surface area contributed by atoms with Crippen molar-refractivity contribution in [2.75, 3.05) is 5.32 Å². The molecule has 1 fully saturated rings. The smallest absolute Gasteiger partial charge is 0.106 e. The van der Waals surface area contributed by atoms with Crippen LogP contribution >= 0.6 is 22.9 Å². The van der Waals surface area contributed by atoms with Gasteiger partial charge in [0.2, 0.25) is 0 Å². The van der Waals surface area contributed by atoms with Crippen LogP contribution < -0.4 is 5.32 Å². The quantitative estimate of drug-likeness (QED) is 0.781. The number of fused-ring (bicyclic) bond motifs is 1. The molecule has 0 radical (unpaired) electrons. The first kappa shape index (κ1) is 14.2. The van der Waals surface area contributed by atoms with Gasteiger partial charge in [-0.2, -0.15) is 0 Å². The Morgan fingerprint density at radius 3 is 2.85 bits per heavy atom. The SMILES string of the molecule is CCCC1CCC(Nc2c(Cl)ccc3scnc23)CC1. The summed E-state index contributed by atoms with van der Waals surface area (Å²) in [7, 11) is 0. The molecule has 0 amide bonds.